The van der Waals surface area contributed by atoms with Crippen molar-refractivity contribution in [3.05, 3.63) is 161 Å². The number of anilines is 3. The number of ether oxygens (including phenoxy) is 1. The maximum absolute atomic E-state index is 12.8. The van der Waals surface area contributed by atoms with E-state index in [0.29, 0.717) is 90.0 Å². The van der Waals surface area contributed by atoms with Crippen molar-refractivity contribution in [2.75, 3.05) is 61.8 Å². The first-order chi connectivity index (χ1) is 45.8. The molecule has 0 bridgehead atoms. The number of H-pyrrole nitrogens is 3. The molecule has 3 aromatic carbocycles. The van der Waals surface area contributed by atoms with Gasteiger partial charge in [0.1, 0.15) is 16.6 Å². The zero-order chi connectivity index (χ0) is 65.7. The zero-order valence-electron chi connectivity index (χ0n) is 52.7. The Morgan fingerprint density at radius 3 is 1.55 bits per heavy atom. The molecule has 29 heteroatoms. The van der Waals surface area contributed by atoms with Gasteiger partial charge in [-0.05, 0) is 141 Å². The molecular weight excluding hydrogens is 1200 g/mol. The van der Waals surface area contributed by atoms with Crippen molar-refractivity contribution in [1.82, 2.24) is 94.6 Å². The summed E-state index contributed by atoms with van der Waals surface area (Å²) in [7, 11) is 0. The summed E-state index contributed by atoms with van der Waals surface area (Å²) in [6.07, 6.45) is 16.3. The second kappa shape index (κ2) is 29.6. The number of pyridine rings is 3. The van der Waals surface area contributed by atoms with Crippen molar-refractivity contribution in [1.29, 1.82) is 0 Å². The molecule has 1 atom stereocenters. The molecule has 10 heterocycles. The number of fused-ring (bicyclic) bond motifs is 3. The first-order valence-corrected chi connectivity index (χ1v) is 31.0. The maximum Gasteiger partial charge on any atom is 0.321 e. The van der Waals surface area contributed by atoms with Crippen LogP contribution in [0.4, 0.5) is 32.2 Å². The number of aryl methyl sites for hydroxylation is 1. The van der Waals surface area contributed by atoms with Crippen molar-refractivity contribution in [3.63, 3.8) is 0 Å². The van der Waals surface area contributed by atoms with Crippen LogP contribution >= 0.6 is 0 Å². The third-order valence-electron chi connectivity index (χ3n) is 15.3. The summed E-state index contributed by atoms with van der Waals surface area (Å²) in [6.45, 7) is 17.7. The normalized spacial score (nSPS) is 12.7. The van der Waals surface area contributed by atoms with E-state index in [-0.39, 0.29) is 35.3 Å². The van der Waals surface area contributed by atoms with E-state index in [1.807, 2.05) is 118 Å². The summed E-state index contributed by atoms with van der Waals surface area (Å²) >= 11 is 0. The van der Waals surface area contributed by atoms with Gasteiger partial charge in [0, 0.05) is 114 Å². The Labute approximate surface area is 537 Å². The Bertz CT molecular complexity index is 4690. The lowest BCUT2D eigenvalue weighted by Crippen LogP contribution is -2.30. The molecule has 1 fully saturated rings. The number of carbonyl (C=O) groups is 3. The van der Waals surface area contributed by atoms with Gasteiger partial charge in [-0.3, -0.25) is 30.5 Å². The molecule has 29 nitrogen and oxygen atoms in total. The van der Waals surface area contributed by atoms with E-state index >= 15 is 0 Å². The Morgan fingerprint density at radius 2 is 1.11 bits per heavy atom. The van der Waals surface area contributed by atoms with Gasteiger partial charge in [0.25, 0.3) is 11.1 Å². The largest absolute Gasteiger partial charge is 0.421 e. The molecule has 0 saturated carbocycles. The molecule has 13 rings (SSSR count). The minimum Gasteiger partial charge on any atom is -0.421 e. The SMILES string of the molecule is CCNC(=O)Nc1nc2c(-c3nnc(C)o3)cc(-c3cccnc3)cc2[nH]1.CCNC(=O)Nc1nc2c(-n3cccn3)cc(-c3ccn(CC4CCCO4)c(=O)c3)cc2[nH]1.CCNC(=O)Nc1nc2c(-n3cccn3)cc(-c3ccn(CCN(CC)CC)c(=O)c3)cc2[nH]1. The molecule has 9 aromatic heterocycles. The number of nitrogens with one attached hydrogen (secondary N) is 9. The molecule has 9 N–H and O–H groups in total. The Morgan fingerprint density at radius 1 is 0.585 bits per heavy atom. The lowest BCUT2D eigenvalue weighted by atomic mass is 10.0. The third kappa shape index (κ3) is 15.2. The van der Waals surface area contributed by atoms with Crippen LogP contribution in [0.1, 0.15) is 53.4 Å². The molecule has 484 valence electrons. The molecule has 1 saturated heterocycles. The zero-order valence-corrected chi connectivity index (χ0v) is 52.7. The van der Waals surface area contributed by atoms with Crippen LogP contribution in [0.3, 0.4) is 0 Å². The fourth-order valence-corrected chi connectivity index (χ4v) is 10.7. The van der Waals surface area contributed by atoms with Gasteiger partial charge < -0.3 is 54.1 Å². The van der Waals surface area contributed by atoms with Crippen molar-refractivity contribution in [3.8, 4) is 56.2 Å². The number of likely N-dealkylation sites (N-methyl/N-ethyl adjacent to an activating group) is 1. The van der Waals surface area contributed by atoms with E-state index < -0.39 is 0 Å². The monoisotopic (exact) mass is 1270 g/mol. The summed E-state index contributed by atoms with van der Waals surface area (Å²) in [6, 6.07) is 25.2. The lowest BCUT2D eigenvalue weighted by Gasteiger charge is -2.18. The molecule has 94 heavy (non-hydrogen) atoms. The first kappa shape index (κ1) is 64.0. The second-order valence-electron chi connectivity index (χ2n) is 21.7. The van der Waals surface area contributed by atoms with Crippen molar-refractivity contribution in [2.45, 2.75) is 73.6 Å². The van der Waals surface area contributed by atoms with Crippen LogP contribution in [0.2, 0.25) is 0 Å². The van der Waals surface area contributed by atoms with Crippen LogP contribution in [0.5, 0.6) is 0 Å². The van der Waals surface area contributed by atoms with Gasteiger partial charge in [-0.25, -0.2) is 38.7 Å². The highest BCUT2D eigenvalue weighted by Crippen LogP contribution is 2.35. The summed E-state index contributed by atoms with van der Waals surface area (Å²) in [5, 5.41) is 32.8. The minimum atomic E-state index is -0.340. The van der Waals surface area contributed by atoms with Crippen LogP contribution in [-0.4, -0.2) is 149 Å². The van der Waals surface area contributed by atoms with Crippen LogP contribution < -0.4 is 43.0 Å². The molecule has 0 aliphatic carbocycles. The molecule has 1 aliphatic rings. The molecule has 1 unspecified atom stereocenters. The lowest BCUT2D eigenvalue weighted by molar-refractivity contribution is 0.0962. The van der Waals surface area contributed by atoms with Crippen LogP contribution in [-0.2, 0) is 17.8 Å². The highest BCUT2D eigenvalue weighted by Gasteiger charge is 2.21. The van der Waals surface area contributed by atoms with Crippen LogP contribution in [0, 0.1) is 6.92 Å². The van der Waals surface area contributed by atoms with Gasteiger partial charge >= 0.3 is 18.1 Å². The molecule has 6 amide bonds. The molecule has 12 aromatic rings. The number of hydrogen-bond donors (Lipinski definition) is 9. The fourth-order valence-electron chi connectivity index (χ4n) is 10.7. The third-order valence-corrected chi connectivity index (χ3v) is 15.3. The van der Waals surface area contributed by atoms with Gasteiger partial charge in [0.2, 0.25) is 29.6 Å². The van der Waals surface area contributed by atoms with Gasteiger partial charge in [0.05, 0.1) is 46.1 Å². The highest BCUT2D eigenvalue weighted by molar-refractivity contribution is 5.98. The molecule has 0 radical (unpaired) electrons. The molecule has 0 spiro atoms. The Kier molecular flexibility index (Phi) is 20.1. The maximum atomic E-state index is 12.8. The van der Waals surface area contributed by atoms with Crippen molar-refractivity contribution >= 4 is 69.0 Å². The van der Waals surface area contributed by atoms with E-state index in [1.165, 1.54) is 0 Å². The molecular formula is C65H72N22O7. The standard InChI is InChI=1S/C24H30N8O2.C23H25N7O3.C18H17N7O2/c1-4-25-24(34)29-23-27-19-14-18(15-20(22(19)28-23)32-10-7-9-26-32)17-8-11-31(21(33)16-17)13-12-30(5-2)6-3;1-2-24-23(32)28-22-26-18-11-16(12-19(21(18)27-22)30-8-4-7-25-30)15-6-9-29(20(31)13-15)14-17-5-3-10-33-17;1-3-20-18(26)23-17-21-14-8-12(11-5-4-6-19-9-11)7-13(15(14)22-17)16-25-24-10(2)27-16/h7-11,14-16H,4-6,12-13H2,1-3H3,(H3,25,27,28,29,34);4,6-9,11-13,17H,2-3,5,10,14H2,1H3,(H3,24,26,27,28,32);4-9H,3H2,1-2H3,(H3,20,21,22,23,26). The smallest absolute Gasteiger partial charge is 0.321 e. The average Bonchev–Trinajstić information content (AvgIpc) is 1.31. The summed E-state index contributed by atoms with van der Waals surface area (Å²) in [5.41, 5.74) is 11.2. The number of urea groups is 3. The minimum absolute atomic E-state index is 0.0476. The predicted octanol–water partition coefficient (Wildman–Crippen LogP) is 9.08. The van der Waals surface area contributed by atoms with Crippen molar-refractivity contribution < 1.29 is 23.5 Å². The van der Waals surface area contributed by atoms with Gasteiger partial charge in [-0.1, -0.05) is 19.9 Å². The van der Waals surface area contributed by atoms with Crippen LogP contribution in [0.15, 0.2) is 149 Å². The van der Waals surface area contributed by atoms with Gasteiger partial charge in [0.15, 0.2) is 0 Å². The highest BCUT2D eigenvalue weighted by atomic mass is 16.5. The fraction of sp³-hybridized carbons (Fsp3) is 0.277. The van der Waals surface area contributed by atoms with Gasteiger partial charge in [-0.2, -0.15) is 10.2 Å². The van der Waals surface area contributed by atoms with E-state index in [0.717, 1.165) is 94.9 Å². The van der Waals surface area contributed by atoms with Crippen molar-refractivity contribution in [2.24, 2.45) is 0 Å². The predicted molar refractivity (Wildman–Crippen MR) is 358 cm³/mol. The number of rotatable bonds is 19. The van der Waals surface area contributed by atoms with Gasteiger partial charge in [-0.15, -0.1) is 10.2 Å². The first-order valence-electron chi connectivity index (χ1n) is 31.0. The number of imidazole rings is 3. The summed E-state index contributed by atoms with van der Waals surface area (Å²) in [5.74, 6) is 1.81. The number of benzene rings is 3. The molecule has 1 aliphatic heterocycles. The Balaban J connectivity index is 0.000000145. The quantitative estimate of drug-likeness (QED) is 0.0364. The number of carbonyl (C=O) groups excluding carboxylic acids is 3. The van der Waals surface area contributed by atoms with Crippen LogP contribution in [0.25, 0.3) is 89.3 Å². The second-order valence-corrected chi connectivity index (χ2v) is 21.7. The van der Waals surface area contributed by atoms with E-state index in [2.05, 4.69) is 106 Å². The number of amides is 6. The summed E-state index contributed by atoms with van der Waals surface area (Å²) in [4.78, 5) is 90.8. The van der Waals surface area contributed by atoms with E-state index in [4.69, 9.17) is 9.15 Å². The number of nitrogens with zero attached hydrogens (tertiary/aromatic N) is 13. The summed E-state index contributed by atoms with van der Waals surface area (Å²) < 4.78 is 18.1. The number of aromatic amines is 3. The topological polar surface area (TPSA) is 353 Å². The number of hydrogen-bond acceptors (Lipinski definition) is 16. The average molecular weight is 1270 g/mol. The number of aromatic nitrogens is 15. The Hall–Kier alpha value is -11.6. The van der Waals surface area contributed by atoms with E-state index in [1.54, 1.807) is 62.3 Å². The van der Waals surface area contributed by atoms with E-state index in [9.17, 15) is 24.0 Å².